The molecule has 0 saturated carbocycles. The number of hydrogen-bond acceptors (Lipinski definition) is 6. The third kappa shape index (κ3) is 7.93. The first-order valence-corrected chi connectivity index (χ1v) is 21.8. The van der Waals surface area contributed by atoms with Gasteiger partial charge in [0.1, 0.15) is 0 Å². The maximum absolute atomic E-state index is 5.81. The van der Waals surface area contributed by atoms with E-state index in [-0.39, 0.29) is 31.9 Å². The molecular weight excluding hydrogens is 980 g/mol. The second kappa shape index (κ2) is 17.8. The Morgan fingerprint density at radius 3 is 1.22 bits per heavy atom. The van der Waals surface area contributed by atoms with Crippen LogP contribution in [0.1, 0.15) is 49.9 Å². The van der Waals surface area contributed by atoms with Gasteiger partial charge in [-0.3, -0.25) is 0 Å². The summed E-state index contributed by atoms with van der Waals surface area (Å²) in [5.74, 6) is 1.55. The van der Waals surface area contributed by atoms with Crippen molar-refractivity contribution < 1.29 is 30.5 Å². The Hall–Kier alpha value is -6.49. The first kappa shape index (κ1) is 45.1. The minimum Gasteiger partial charge on any atom is -0.540 e. The van der Waals surface area contributed by atoms with Crippen molar-refractivity contribution in [2.24, 2.45) is 0 Å². The number of methoxy groups -OCH3 is 2. The summed E-state index contributed by atoms with van der Waals surface area (Å²) in [5, 5.41) is 0. The quantitative estimate of drug-likeness (QED) is 0.141. The second-order valence-electron chi connectivity index (χ2n) is 18.0. The smallest absolute Gasteiger partial charge is 0.540 e. The number of benzene rings is 6. The van der Waals surface area contributed by atoms with Crippen LogP contribution in [0.5, 0.6) is 11.5 Å². The van der Waals surface area contributed by atoms with Crippen LogP contribution in [0.2, 0.25) is 0 Å². The van der Waals surface area contributed by atoms with E-state index in [4.69, 9.17) is 9.47 Å². The number of pyridine rings is 2. The van der Waals surface area contributed by atoms with Crippen molar-refractivity contribution in [3.63, 3.8) is 0 Å². The van der Waals surface area contributed by atoms with Crippen LogP contribution in [0.15, 0.2) is 146 Å². The number of hydrogen-bond donors (Lipinski definition) is 0. The number of aromatic nitrogens is 2. The number of anilines is 2. The zero-order valence-corrected chi connectivity index (χ0v) is 41.1. The van der Waals surface area contributed by atoms with E-state index in [1.54, 1.807) is 14.2 Å². The topological polar surface area (TPSA) is 50.7 Å². The Bertz CT molecular complexity index is 2850. The van der Waals surface area contributed by atoms with Crippen molar-refractivity contribution in [3.8, 4) is 78.5 Å². The molecule has 6 aromatic carbocycles. The van der Waals surface area contributed by atoms with Crippen LogP contribution in [0.4, 0.5) is 11.4 Å². The number of rotatable bonds is 8. The van der Waals surface area contributed by atoms with Gasteiger partial charge in [-0.2, -0.15) is 0 Å². The van der Waals surface area contributed by atoms with Crippen molar-refractivity contribution in [1.29, 1.82) is 0 Å². The summed E-state index contributed by atoms with van der Waals surface area (Å²) in [5.41, 5.74) is 20.9. The molecule has 0 spiro atoms. The van der Waals surface area contributed by atoms with Crippen LogP contribution in [0, 0.1) is 12.1 Å². The molecule has 65 heavy (non-hydrogen) atoms. The molecular formula is C58H54N4O2Pt. The second-order valence-corrected chi connectivity index (χ2v) is 18.0. The van der Waals surface area contributed by atoms with Crippen LogP contribution >= 0.6 is 0 Å². The molecule has 6 nitrogen and oxygen atoms in total. The van der Waals surface area contributed by atoms with Gasteiger partial charge in [0.2, 0.25) is 0 Å². The van der Waals surface area contributed by atoms with Gasteiger partial charge in [0.15, 0.2) is 0 Å². The molecule has 0 atom stereocenters. The Balaban J connectivity index is 0.000000175. The molecule has 2 aliphatic carbocycles. The zero-order chi connectivity index (χ0) is 44.9. The van der Waals surface area contributed by atoms with Gasteiger partial charge in [-0.15, -0.1) is 24.3 Å². The van der Waals surface area contributed by atoms with E-state index in [2.05, 4.69) is 181 Å². The molecule has 0 radical (unpaired) electrons. The molecule has 2 aliphatic rings. The normalized spacial score (nSPS) is 13.2. The predicted molar refractivity (Wildman–Crippen MR) is 265 cm³/mol. The first-order valence-electron chi connectivity index (χ1n) is 21.8. The molecule has 2 aromatic heterocycles. The van der Waals surface area contributed by atoms with Crippen LogP contribution in [0.3, 0.4) is 0 Å². The Kier molecular flexibility index (Phi) is 12.4. The van der Waals surface area contributed by atoms with E-state index >= 15 is 0 Å². The Morgan fingerprint density at radius 2 is 0.831 bits per heavy atom. The third-order valence-corrected chi connectivity index (χ3v) is 13.1. The van der Waals surface area contributed by atoms with E-state index in [1.165, 1.54) is 55.6 Å². The monoisotopic (exact) mass is 1030 g/mol. The third-order valence-electron chi connectivity index (χ3n) is 13.1. The molecule has 10 rings (SSSR count). The maximum atomic E-state index is 5.81. The van der Waals surface area contributed by atoms with Crippen molar-refractivity contribution in [2.75, 3.05) is 52.2 Å². The molecule has 0 bridgehead atoms. The Labute approximate surface area is 399 Å². The van der Waals surface area contributed by atoms with Crippen molar-refractivity contribution in [1.82, 2.24) is 9.97 Å². The Morgan fingerprint density at radius 1 is 0.462 bits per heavy atom. The molecule has 0 unspecified atom stereocenters. The van der Waals surface area contributed by atoms with Gasteiger partial charge in [0, 0.05) is 74.3 Å². The van der Waals surface area contributed by atoms with Crippen molar-refractivity contribution in [2.45, 2.75) is 38.5 Å². The SMILES string of the molecule is COc1cc(-c2cccc3c2C(C)(C)c2ccccc2-3)c[c-]c1-c1cc(N(C)C)ccn1.COc1cc(-c2cccc3c2C(C)(C)c2ccccc2-3)c[c-]c1-c1cc(N(C)C)ccn1.[Pt+2]. The zero-order valence-electron chi connectivity index (χ0n) is 38.8. The first-order chi connectivity index (χ1) is 30.8. The van der Waals surface area contributed by atoms with Crippen molar-refractivity contribution in [3.05, 3.63) is 180 Å². The summed E-state index contributed by atoms with van der Waals surface area (Å²) >= 11 is 0. The average molecular weight is 1030 g/mol. The number of nitrogens with zero attached hydrogens (tertiary/aromatic N) is 4. The van der Waals surface area contributed by atoms with Crippen LogP contribution in [-0.4, -0.2) is 52.4 Å². The summed E-state index contributed by atoms with van der Waals surface area (Å²) in [4.78, 5) is 13.3. The van der Waals surface area contributed by atoms with Gasteiger partial charge >= 0.3 is 21.1 Å². The van der Waals surface area contributed by atoms with Crippen LogP contribution < -0.4 is 19.3 Å². The van der Waals surface area contributed by atoms with Gasteiger partial charge in [-0.25, -0.2) is 0 Å². The molecule has 0 saturated heterocycles. The molecule has 328 valence electrons. The standard InChI is InChI=1S/2C29H27N2O.Pt/c2*1-29(2)25-12-7-6-9-22(25)23-11-8-10-21(28(23)29)19-13-14-24(27(17-19)32-5)26-18-20(31(3)4)15-16-30-26;/h2*6-13,15-18H,1-5H3;/q2*-1;+2. The van der Waals surface area contributed by atoms with Crippen LogP contribution in [0.25, 0.3) is 67.0 Å². The van der Waals surface area contributed by atoms with Gasteiger partial charge in [-0.05, 0) is 68.0 Å². The van der Waals surface area contributed by atoms with Gasteiger partial charge < -0.3 is 29.2 Å². The predicted octanol–water partition coefficient (Wildman–Crippen LogP) is 13.2. The summed E-state index contributed by atoms with van der Waals surface area (Å²) in [7, 11) is 11.5. The minimum absolute atomic E-state index is 0. The summed E-state index contributed by atoms with van der Waals surface area (Å²) in [6.45, 7) is 9.25. The molecule has 0 fully saturated rings. The molecule has 8 aromatic rings. The summed E-state index contributed by atoms with van der Waals surface area (Å²) in [6, 6.07) is 54.1. The van der Waals surface area contributed by atoms with E-state index < -0.39 is 0 Å². The number of ether oxygens (including phenoxy) is 2. The summed E-state index contributed by atoms with van der Waals surface area (Å²) in [6.07, 6.45) is 3.66. The van der Waals surface area contributed by atoms with E-state index in [0.29, 0.717) is 0 Å². The molecule has 0 aliphatic heterocycles. The fourth-order valence-electron chi connectivity index (χ4n) is 9.83. The van der Waals surface area contributed by atoms with Crippen LogP contribution in [-0.2, 0) is 31.9 Å². The van der Waals surface area contributed by atoms with E-state index in [0.717, 1.165) is 56.5 Å². The summed E-state index contributed by atoms with van der Waals surface area (Å²) < 4.78 is 11.6. The average Bonchev–Trinajstić information content (AvgIpc) is 3.71. The minimum atomic E-state index is -0.0734. The molecule has 0 N–H and O–H groups in total. The molecule has 2 heterocycles. The van der Waals surface area contributed by atoms with E-state index in [1.807, 2.05) is 52.7 Å². The fourth-order valence-corrected chi connectivity index (χ4v) is 9.83. The van der Waals surface area contributed by atoms with Gasteiger partial charge in [0.05, 0.1) is 14.2 Å². The largest absolute Gasteiger partial charge is 2.00 e. The molecule has 0 amide bonds. The molecule has 7 heteroatoms. The van der Waals surface area contributed by atoms with Crippen molar-refractivity contribution >= 4 is 11.4 Å². The number of fused-ring (bicyclic) bond motifs is 6. The maximum Gasteiger partial charge on any atom is 2.00 e. The fraction of sp³-hybridized carbons (Fsp3) is 0.207. The van der Waals surface area contributed by atoms with E-state index in [9.17, 15) is 0 Å². The van der Waals surface area contributed by atoms with Gasteiger partial charge in [-0.1, -0.05) is 170 Å². The van der Waals surface area contributed by atoms with Gasteiger partial charge in [0.25, 0.3) is 0 Å².